The number of piperidine rings is 1. The molecule has 0 bridgehead atoms. The molecule has 0 radical (unpaired) electrons. The zero-order chi connectivity index (χ0) is 15.3. The highest BCUT2D eigenvalue weighted by molar-refractivity contribution is 7.88. The van der Waals surface area contributed by atoms with Crippen LogP contribution in [0.15, 0.2) is 36.4 Å². The van der Waals surface area contributed by atoms with E-state index in [2.05, 4.69) is 36.5 Å². The van der Waals surface area contributed by atoms with Gasteiger partial charge < -0.3 is 5.32 Å². The molecule has 1 N–H and O–H groups in total. The van der Waals surface area contributed by atoms with Gasteiger partial charge in [0.05, 0.1) is 6.26 Å². The highest BCUT2D eigenvalue weighted by atomic mass is 32.2. The molecule has 0 aliphatic carbocycles. The van der Waals surface area contributed by atoms with Gasteiger partial charge in [-0.1, -0.05) is 49.4 Å². The molecule has 2 unspecified atom stereocenters. The first-order valence-electron chi connectivity index (χ1n) is 7.37. The molecule has 5 heteroatoms. The van der Waals surface area contributed by atoms with E-state index < -0.39 is 10.0 Å². The Bertz CT molecular complexity index is 569. The van der Waals surface area contributed by atoms with Crippen molar-refractivity contribution in [2.45, 2.75) is 19.4 Å². The Morgan fingerprint density at radius 3 is 2.67 bits per heavy atom. The van der Waals surface area contributed by atoms with Crippen LogP contribution in [0.25, 0.3) is 6.08 Å². The van der Waals surface area contributed by atoms with Crippen LogP contribution < -0.4 is 5.32 Å². The minimum Gasteiger partial charge on any atom is -0.310 e. The summed E-state index contributed by atoms with van der Waals surface area (Å²) < 4.78 is 24.7. The normalized spacial score (nSPS) is 24.5. The van der Waals surface area contributed by atoms with Gasteiger partial charge >= 0.3 is 0 Å². The Morgan fingerprint density at radius 2 is 2.05 bits per heavy atom. The minimum atomic E-state index is -3.05. The molecule has 1 heterocycles. The molecule has 1 aliphatic heterocycles. The lowest BCUT2D eigenvalue weighted by atomic mass is 9.95. The van der Waals surface area contributed by atoms with Crippen LogP contribution >= 0.6 is 0 Å². The van der Waals surface area contributed by atoms with Crippen LogP contribution in [0.5, 0.6) is 0 Å². The number of hydrogen-bond acceptors (Lipinski definition) is 3. The molecule has 0 amide bonds. The van der Waals surface area contributed by atoms with Crippen LogP contribution in [-0.4, -0.2) is 44.7 Å². The van der Waals surface area contributed by atoms with Crippen LogP contribution in [0.2, 0.25) is 0 Å². The van der Waals surface area contributed by atoms with Crippen LogP contribution in [-0.2, 0) is 10.0 Å². The smallest absolute Gasteiger partial charge is 0.211 e. The van der Waals surface area contributed by atoms with Crippen molar-refractivity contribution in [3.8, 4) is 0 Å². The van der Waals surface area contributed by atoms with Crippen molar-refractivity contribution >= 4 is 16.1 Å². The third-order valence-corrected chi connectivity index (χ3v) is 5.21. The van der Waals surface area contributed by atoms with Gasteiger partial charge in [-0.2, -0.15) is 0 Å². The van der Waals surface area contributed by atoms with Gasteiger partial charge in [0.2, 0.25) is 10.0 Å². The highest BCUT2D eigenvalue weighted by Gasteiger charge is 2.29. The second-order valence-corrected chi connectivity index (χ2v) is 7.70. The highest BCUT2D eigenvalue weighted by Crippen LogP contribution is 2.18. The SMILES string of the molecule is CC1CN(S(C)(=O)=O)CCC1NCC=Cc1ccccc1. The summed E-state index contributed by atoms with van der Waals surface area (Å²) in [4.78, 5) is 0. The maximum absolute atomic E-state index is 11.6. The molecule has 0 spiro atoms. The predicted molar refractivity (Wildman–Crippen MR) is 87.5 cm³/mol. The van der Waals surface area contributed by atoms with E-state index >= 15 is 0 Å². The standard InChI is InChI=1S/C16H24N2O2S/c1-14-13-18(21(2,19)20)12-10-16(14)17-11-6-9-15-7-4-3-5-8-15/h3-9,14,16-17H,10-13H2,1-2H3. The summed E-state index contributed by atoms with van der Waals surface area (Å²) in [5, 5.41) is 3.51. The molecule has 116 valence electrons. The van der Waals surface area contributed by atoms with E-state index in [1.54, 1.807) is 4.31 Å². The lowest BCUT2D eigenvalue weighted by Gasteiger charge is -2.35. The van der Waals surface area contributed by atoms with Crippen molar-refractivity contribution in [3.63, 3.8) is 0 Å². The summed E-state index contributed by atoms with van der Waals surface area (Å²) in [6.45, 7) is 4.14. The summed E-state index contributed by atoms with van der Waals surface area (Å²) in [5.74, 6) is 0.332. The summed E-state index contributed by atoms with van der Waals surface area (Å²) in [6.07, 6.45) is 6.37. The van der Waals surface area contributed by atoms with Gasteiger partial charge in [-0.05, 0) is 17.9 Å². The number of sulfonamides is 1. The fourth-order valence-electron chi connectivity index (χ4n) is 2.69. The molecule has 1 aliphatic rings. The lowest BCUT2D eigenvalue weighted by Crippen LogP contribution is -2.49. The van der Waals surface area contributed by atoms with E-state index in [1.165, 1.54) is 11.8 Å². The van der Waals surface area contributed by atoms with Crippen LogP contribution in [0.1, 0.15) is 18.9 Å². The molecule has 0 aromatic heterocycles. The van der Waals surface area contributed by atoms with Gasteiger partial charge in [0, 0.05) is 25.7 Å². The lowest BCUT2D eigenvalue weighted by molar-refractivity contribution is 0.225. The topological polar surface area (TPSA) is 49.4 Å². The Hall–Kier alpha value is -1.17. The number of rotatable bonds is 5. The van der Waals surface area contributed by atoms with Gasteiger partial charge in [-0.3, -0.25) is 0 Å². The molecular weight excluding hydrogens is 284 g/mol. The summed E-state index contributed by atoms with van der Waals surface area (Å²) in [7, 11) is -3.05. The monoisotopic (exact) mass is 308 g/mol. The number of benzene rings is 1. The first kappa shape index (κ1) is 16.2. The Balaban J connectivity index is 1.79. The average Bonchev–Trinajstić information content (AvgIpc) is 2.45. The largest absolute Gasteiger partial charge is 0.310 e. The summed E-state index contributed by atoms with van der Waals surface area (Å²) in [6, 6.07) is 10.6. The van der Waals surface area contributed by atoms with E-state index in [1.807, 2.05) is 18.2 Å². The molecule has 1 saturated heterocycles. The number of hydrogen-bond donors (Lipinski definition) is 1. The van der Waals surface area contributed by atoms with Gasteiger partial charge in [-0.25, -0.2) is 12.7 Å². The number of nitrogens with zero attached hydrogens (tertiary/aromatic N) is 1. The number of nitrogens with one attached hydrogen (secondary N) is 1. The van der Waals surface area contributed by atoms with E-state index in [-0.39, 0.29) is 0 Å². The molecule has 2 atom stereocenters. The van der Waals surface area contributed by atoms with Crippen LogP contribution in [0.4, 0.5) is 0 Å². The van der Waals surface area contributed by atoms with E-state index in [0.717, 1.165) is 13.0 Å². The van der Waals surface area contributed by atoms with E-state index in [4.69, 9.17) is 0 Å². The zero-order valence-corrected chi connectivity index (χ0v) is 13.5. The predicted octanol–water partition coefficient (Wildman–Crippen LogP) is 1.96. The van der Waals surface area contributed by atoms with Gasteiger partial charge in [-0.15, -0.1) is 0 Å². The average molecular weight is 308 g/mol. The zero-order valence-electron chi connectivity index (χ0n) is 12.7. The maximum Gasteiger partial charge on any atom is 0.211 e. The van der Waals surface area contributed by atoms with Crippen molar-refractivity contribution in [2.24, 2.45) is 5.92 Å². The Kier molecular flexibility index (Phi) is 5.56. The van der Waals surface area contributed by atoms with E-state index in [0.29, 0.717) is 25.0 Å². The van der Waals surface area contributed by atoms with Crippen molar-refractivity contribution in [2.75, 3.05) is 25.9 Å². The Labute approximate surface area is 127 Å². The van der Waals surface area contributed by atoms with Crippen LogP contribution in [0, 0.1) is 5.92 Å². The second-order valence-electron chi connectivity index (χ2n) is 5.71. The Morgan fingerprint density at radius 1 is 1.33 bits per heavy atom. The molecule has 1 aromatic carbocycles. The molecule has 4 nitrogen and oxygen atoms in total. The van der Waals surface area contributed by atoms with Crippen LogP contribution in [0.3, 0.4) is 0 Å². The third-order valence-electron chi connectivity index (χ3n) is 3.94. The molecule has 0 saturated carbocycles. The first-order chi connectivity index (χ1) is 9.97. The fraction of sp³-hybridized carbons (Fsp3) is 0.500. The quantitative estimate of drug-likeness (QED) is 0.904. The molecule has 21 heavy (non-hydrogen) atoms. The van der Waals surface area contributed by atoms with Gasteiger partial charge in [0.15, 0.2) is 0 Å². The minimum absolute atomic E-state index is 0.332. The summed E-state index contributed by atoms with van der Waals surface area (Å²) in [5.41, 5.74) is 1.19. The molecule has 2 rings (SSSR count). The van der Waals surface area contributed by atoms with E-state index in [9.17, 15) is 8.42 Å². The fourth-order valence-corrected chi connectivity index (χ4v) is 3.63. The van der Waals surface area contributed by atoms with Crippen molar-refractivity contribution in [3.05, 3.63) is 42.0 Å². The molecule has 1 aromatic rings. The van der Waals surface area contributed by atoms with Crippen molar-refractivity contribution in [1.29, 1.82) is 0 Å². The molecule has 1 fully saturated rings. The van der Waals surface area contributed by atoms with Crippen molar-refractivity contribution in [1.82, 2.24) is 9.62 Å². The van der Waals surface area contributed by atoms with Crippen molar-refractivity contribution < 1.29 is 8.42 Å². The second kappa shape index (κ2) is 7.20. The third kappa shape index (κ3) is 4.95. The maximum atomic E-state index is 11.6. The molecular formula is C16H24N2O2S. The summed E-state index contributed by atoms with van der Waals surface area (Å²) >= 11 is 0. The van der Waals surface area contributed by atoms with Gasteiger partial charge in [0.1, 0.15) is 0 Å². The first-order valence-corrected chi connectivity index (χ1v) is 9.22. The van der Waals surface area contributed by atoms with Gasteiger partial charge in [0.25, 0.3) is 0 Å².